The summed E-state index contributed by atoms with van der Waals surface area (Å²) in [6.45, 7) is 1.89. The number of benzene rings is 3. The molecule has 5 rings (SSSR count). The molecule has 118 valence electrons. The summed E-state index contributed by atoms with van der Waals surface area (Å²) < 4.78 is 5.78. The summed E-state index contributed by atoms with van der Waals surface area (Å²) in [6.07, 6.45) is 0. The average Bonchev–Trinajstić information content (AvgIpc) is 3.34. The van der Waals surface area contributed by atoms with Crippen LogP contribution in [0.15, 0.2) is 76.0 Å². The van der Waals surface area contributed by atoms with Crippen molar-refractivity contribution in [3.05, 3.63) is 83.4 Å². The normalized spacial score (nSPS) is 13.8. The Hall–Kier alpha value is -2.39. The van der Waals surface area contributed by atoms with Crippen molar-refractivity contribution >= 4 is 28.6 Å². The standard InChI is InChI=1S/C21H17NOS/c1-2-6-15(7-3-1)14-24-21-9-5-4-8-18(21)22-12-16-17(13-22)20-11-10-19(16)23-20/h1-11H,12-14H2. The molecule has 24 heavy (non-hydrogen) atoms. The minimum absolute atomic E-state index is 0.946. The molecule has 4 aromatic rings. The molecule has 1 aliphatic heterocycles. The molecule has 0 amide bonds. The lowest BCUT2D eigenvalue weighted by molar-refractivity contribution is 0.663. The Balaban J connectivity index is 1.40. The molecule has 0 atom stereocenters. The van der Waals surface area contributed by atoms with Crippen LogP contribution in [-0.2, 0) is 18.8 Å². The zero-order valence-electron chi connectivity index (χ0n) is 13.2. The lowest BCUT2D eigenvalue weighted by Gasteiger charge is -2.21. The van der Waals surface area contributed by atoms with E-state index in [1.807, 2.05) is 11.8 Å². The van der Waals surface area contributed by atoms with Crippen molar-refractivity contribution in [2.24, 2.45) is 0 Å². The SMILES string of the molecule is c1ccc(CSc2ccccc2N2Cc3c(c4ccc3o4)C2)cc1. The molecule has 3 heterocycles. The topological polar surface area (TPSA) is 16.4 Å². The van der Waals surface area contributed by atoms with E-state index in [9.17, 15) is 0 Å². The van der Waals surface area contributed by atoms with Gasteiger partial charge >= 0.3 is 0 Å². The van der Waals surface area contributed by atoms with Crippen molar-refractivity contribution in [2.75, 3.05) is 4.90 Å². The first-order chi connectivity index (χ1) is 11.9. The molecule has 2 aromatic heterocycles. The van der Waals surface area contributed by atoms with Crippen LogP contribution in [0.5, 0.6) is 0 Å². The number of hydrogen-bond acceptors (Lipinski definition) is 3. The molecule has 0 saturated heterocycles. The van der Waals surface area contributed by atoms with Gasteiger partial charge in [0.25, 0.3) is 0 Å². The van der Waals surface area contributed by atoms with Crippen LogP contribution in [0.1, 0.15) is 16.7 Å². The predicted molar refractivity (Wildman–Crippen MR) is 99.7 cm³/mol. The van der Waals surface area contributed by atoms with Crippen LogP contribution in [0.2, 0.25) is 0 Å². The van der Waals surface area contributed by atoms with Gasteiger partial charge in [-0.05, 0) is 29.8 Å². The summed E-state index contributed by atoms with van der Waals surface area (Å²) >= 11 is 1.91. The van der Waals surface area contributed by atoms with E-state index in [4.69, 9.17) is 4.42 Å². The first kappa shape index (κ1) is 14.0. The Kier molecular flexibility index (Phi) is 3.27. The predicted octanol–water partition coefficient (Wildman–Crippen LogP) is 5.68. The fourth-order valence-corrected chi connectivity index (χ4v) is 4.52. The van der Waals surface area contributed by atoms with Crippen LogP contribution < -0.4 is 4.90 Å². The van der Waals surface area contributed by atoms with Gasteiger partial charge in [-0.1, -0.05) is 42.5 Å². The number of furan rings is 2. The van der Waals surface area contributed by atoms with Crippen LogP contribution in [0.4, 0.5) is 5.69 Å². The van der Waals surface area contributed by atoms with E-state index < -0.39 is 0 Å². The molecular formula is C21H17NOS. The highest BCUT2D eigenvalue weighted by atomic mass is 32.2. The van der Waals surface area contributed by atoms with E-state index in [0.29, 0.717) is 0 Å². The Morgan fingerprint density at radius 3 is 2.21 bits per heavy atom. The zero-order valence-corrected chi connectivity index (χ0v) is 14.1. The lowest BCUT2D eigenvalue weighted by atomic mass is 10.1. The van der Waals surface area contributed by atoms with Crippen LogP contribution >= 0.6 is 11.8 Å². The van der Waals surface area contributed by atoms with Gasteiger partial charge in [0.15, 0.2) is 0 Å². The minimum atomic E-state index is 0.946. The number of para-hydroxylation sites is 1. The Labute approximate surface area is 145 Å². The van der Waals surface area contributed by atoms with E-state index in [2.05, 4.69) is 71.6 Å². The molecule has 0 radical (unpaired) electrons. The molecule has 0 fully saturated rings. The number of nitrogens with zero attached hydrogens (tertiary/aromatic N) is 1. The van der Waals surface area contributed by atoms with E-state index in [-0.39, 0.29) is 0 Å². The molecule has 3 heteroatoms. The van der Waals surface area contributed by atoms with Crippen LogP contribution in [-0.4, -0.2) is 0 Å². The van der Waals surface area contributed by atoms with E-state index in [0.717, 1.165) is 30.0 Å². The number of rotatable bonds is 4. The third kappa shape index (κ3) is 2.28. The quantitative estimate of drug-likeness (QED) is 0.447. The summed E-state index contributed by atoms with van der Waals surface area (Å²) in [5.41, 5.74) is 7.54. The molecule has 0 unspecified atom stereocenters. The molecule has 2 bridgehead atoms. The van der Waals surface area contributed by atoms with Gasteiger partial charge in [-0.15, -0.1) is 11.8 Å². The highest BCUT2D eigenvalue weighted by molar-refractivity contribution is 7.98. The zero-order chi connectivity index (χ0) is 15.9. The molecule has 0 saturated carbocycles. The summed E-state index contributed by atoms with van der Waals surface area (Å²) in [5, 5.41) is 0. The first-order valence-corrected chi connectivity index (χ1v) is 9.20. The third-order valence-electron chi connectivity index (χ3n) is 4.71. The lowest BCUT2D eigenvalue weighted by Crippen LogP contribution is -2.15. The largest absolute Gasteiger partial charge is 0.457 e. The fourth-order valence-electron chi connectivity index (χ4n) is 3.49. The van der Waals surface area contributed by atoms with Crippen molar-refractivity contribution in [2.45, 2.75) is 23.7 Å². The second-order valence-corrected chi connectivity index (χ2v) is 7.24. The van der Waals surface area contributed by atoms with Crippen molar-refractivity contribution in [3.8, 4) is 0 Å². The number of hydrogen-bond donors (Lipinski definition) is 0. The number of fused-ring (bicyclic) bond motifs is 5. The van der Waals surface area contributed by atoms with E-state index in [1.165, 1.54) is 27.3 Å². The number of anilines is 1. The van der Waals surface area contributed by atoms with Gasteiger partial charge in [-0.25, -0.2) is 0 Å². The highest BCUT2D eigenvalue weighted by Gasteiger charge is 2.28. The smallest absolute Gasteiger partial charge is 0.133 e. The molecular weight excluding hydrogens is 314 g/mol. The van der Waals surface area contributed by atoms with Gasteiger partial charge in [0.05, 0.1) is 5.69 Å². The molecule has 0 spiro atoms. The van der Waals surface area contributed by atoms with Gasteiger partial charge in [0.1, 0.15) is 11.2 Å². The van der Waals surface area contributed by atoms with Gasteiger partial charge in [-0.3, -0.25) is 0 Å². The van der Waals surface area contributed by atoms with Crippen molar-refractivity contribution in [1.29, 1.82) is 0 Å². The van der Waals surface area contributed by atoms with E-state index in [1.54, 1.807) is 0 Å². The second-order valence-electron chi connectivity index (χ2n) is 6.22. The van der Waals surface area contributed by atoms with Crippen LogP contribution in [0.3, 0.4) is 0 Å². The summed E-state index contributed by atoms with van der Waals surface area (Å²) in [5.74, 6) is 0.998. The third-order valence-corrected chi connectivity index (χ3v) is 5.84. The Morgan fingerprint density at radius 1 is 0.792 bits per heavy atom. The van der Waals surface area contributed by atoms with Gasteiger partial charge in [-0.2, -0.15) is 0 Å². The fraction of sp³-hybridized carbons (Fsp3) is 0.143. The second kappa shape index (κ2) is 5.60. The van der Waals surface area contributed by atoms with Gasteiger partial charge < -0.3 is 9.32 Å². The summed E-state index contributed by atoms with van der Waals surface area (Å²) in [4.78, 5) is 3.81. The molecule has 2 aromatic carbocycles. The summed E-state index contributed by atoms with van der Waals surface area (Å²) in [7, 11) is 0. The minimum Gasteiger partial charge on any atom is -0.457 e. The maximum atomic E-state index is 5.78. The van der Waals surface area contributed by atoms with Crippen molar-refractivity contribution < 1.29 is 4.42 Å². The Bertz CT molecular complexity index is 941. The highest BCUT2D eigenvalue weighted by Crippen LogP contribution is 2.41. The molecule has 0 aliphatic carbocycles. The molecule has 2 nitrogen and oxygen atoms in total. The maximum absolute atomic E-state index is 5.78. The van der Waals surface area contributed by atoms with Crippen LogP contribution in [0, 0.1) is 0 Å². The summed E-state index contributed by atoms with van der Waals surface area (Å²) in [6, 6.07) is 23.6. The maximum Gasteiger partial charge on any atom is 0.133 e. The Morgan fingerprint density at radius 2 is 1.46 bits per heavy atom. The van der Waals surface area contributed by atoms with Crippen molar-refractivity contribution in [3.63, 3.8) is 0 Å². The van der Waals surface area contributed by atoms with Gasteiger partial charge in [0, 0.05) is 34.9 Å². The monoisotopic (exact) mass is 331 g/mol. The van der Waals surface area contributed by atoms with Crippen molar-refractivity contribution in [1.82, 2.24) is 0 Å². The molecule has 1 aliphatic rings. The number of thioether (sulfide) groups is 1. The molecule has 0 N–H and O–H groups in total. The first-order valence-electron chi connectivity index (χ1n) is 8.22. The van der Waals surface area contributed by atoms with Gasteiger partial charge in [0.2, 0.25) is 0 Å². The van der Waals surface area contributed by atoms with Crippen LogP contribution in [0.25, 0.3) is 11.2 Å². The van der Waals surface area contributed by atoms with E-state index >= 15 is 0 Å². The average molecular weight is 331 g/mol.